The minimum atomic E-state index is -0.485. The maximum absolute atomic E-state index is 12.0. The number of primary amides is 1. The largest absolute Gasteiger partial charge is 0.368 e. The summed E-state index contributed by atoms with van der Waals surface area (Å²) in [7, 11) is 0. The number of hydrogen-bond donors (Lipinski definition) is 2. The molecule has 0 bridgehead atoms. The summed E-state index contributed by atoms with van der Waals surface area (Å²) >= 11 is 0. The van der Waals surface area contributed by atoms with Gasteiger partial charge < -0.3 is 11.1 Å². The molecular formula is C16H31N3O. The summed E-state index contributed by atoms with van der Waals surface area (Å²) < 4.78 is 0. The zero-order valence-corrected chi connectivity index (χ0v) is 13.5. The van der Waals surface area contributed by atoms with Crippen LogP contribution in [0.1, 0.15) is 59.8 Å². The van der Waals surface area contributed by atoms with Gasteiger partial charge in [-0.25, -0.2) is 0 Å². The molecule has 1 aliphatic carbocycles. The third kappa shape index (κ3) is 3.17. The van der Waals surface area contributed by atoms with Crippen molar-refractivity contribution < 1.29 is 4.79 Å². The fourth-order valence-corrected chi connectivity index (χ4v) is 4.25. The van der Waals surface area contributed by atoms with Crippen LogP contribution in [0.5, 0.6) is 0 Å². The lowest BCUT2D eigenvalue weighted by molar-refractivity contribution is -0.124. The Labute approximate surface area is 123 Å². The molecular weight excluding hydrogens is 250 g/mol. The number of nitrogens with one attached hydrogen (secondary N) is 1. The van der Waals surface area contributed by atoms with E-state index in [9.17, 15) is 4.79 Å². The molecule has 0 aromatic carbocycles. The molecule has 1 aliphatic heterocycles. The molecule has 2 fully saturated rings. The number of piperidine rings is 1. The molecule has 3 N–H and O–H groups in total. The van der Waals surface area contributed by atoms with Crippen LogP contribution in [0.3, 0.4) is 0 Å². The van der Waals surface area contributed by atoms with E-state index in [4.69, 9.17) is 5.73 Å². The number of hydrogen-bond acceptors (Lipinski definition) is 3. The average molecular weight is 281 g/mol. The first-order valence-electron chi connectivity index (χ1n) is 8.17. The lowest BCUT2D eigenvalue weighted by atomic mass is 9.90. The first-order chi connectivity index (χ1) is 9.34. The van der Waals surface area contributed by atoms with Gasteiger partial charge in [0.2, 0.25) is 5.91 Å². The smallest absolute Gasteiger partial charge is 0.237 e. The number of likely N-dealkylation sites (tertiary alicyclic amines) is 1. The molecule has 1 amide bonds. The van der Waals surface area contributed by atoms with Gasteiger partial charge in [0.25, 0.3) is 0 Å². The van der Waals surface area contributed by atoms with Crippen LogP contribution < -0.4 is 11.1 Å². The van der Waals surface area contributed by atoms with Crippen molar-refractivity contribution in [1.29, 1.82) is 0 Å². The summed E-state index contributed by atoms with van der Waals surface area (Å²) in [5.41, 5.74) is 5.23. The number of nitrogens with zero attached hydrogens (tertiary/aromatic N) is 1. The monoisotopic (exact) mass is 281 g/mol. The summed E-state index contributed by atoms with van der Waals surface area (Å²) in [5, 5.41) is 3.45. The number of amides is 1. The normalized spacial score (nSPS) is 39.4. The van der Waals surface area contributed by atoms with E-state index >= 15 is 0 Å². The fourth-order valence-electron chi connectivity index (χ4n) is 4.25. The Morgan fingerprint density at radius 3 is 2.60 bits per heavy atom. The zero-order chi connectivity index (χ0) is 14.9. The third-order valence-electron chi connectivity index (χ3n) is 5.18. The van der Waals surface area contributed by atoms with E-state index in [2.05, 4.69) is 37.9 Å². The molecule has 0 aromatic rings. The summed E-state index contributed by atoms with van der Waals surface area (Å²) in [4.78, 5) is 14.6. The van der Waals surface area contributed by atoms with E-state index in [1.165, 1.54) is 19.4 Å². The molecule has 0 radical (unpaired) electrons. The van der Waals surface area contributed by atoms with Gasteiger partial charge in [-0.1, -0.05) is 6.92 Å². The van der Waals surface area contributed by atoms with Crippen molar-refractivity contribution >= 4 is 5.91 Å². The van der Waals surface area contributed by atoms with Gasteiger partial charge >= 0.3 is 0 Å². The molecule has 1 saturated heterocycles. The first kappa shape index (κ1) is 15.8. The SMILES string of the molecule is CC1CCN(C2CCC(NC(C)C)(C(N)=O)C2)C(C)C1. The predicted octanol–water partition coefficient (Wildman–Crippen LogP) is 1.88. The van der Waals surface area contributed by atoms with Gasteiger partial charge in [0.15, 0.2) is 0 Å². The Morgan fingerprint density at radius 2 is 2.05 bits per heavy atom. The Bertz CT molecular complexity index is 358. The Kier molecular flexibility index (Phi) is 4.75. The Hall–Kier alpha value is -0.610. The van der Waals surface area contributed by atoms with E-state index in [0.29, 0.717) is 18.1 Å². The number of carbonyl (C=O) groups is 1. The minimum Gasteiger partial charge on any atom is -0.368 e. The second kappa shape index (κ2) is 6.02. The van der Waals surface area contributed by atoms with Crippen LogP contribution in [0.25, 0.3) is 0 Å². The van der Waals surface area contributed by atoms with Gasteiger partial charge in [0, 0.05) is 18.1 Å². The van der Waals surface area contributed by atoms with Crippen molar-refractivity contribution in [1.82, 2.24) is 10.2 Å². The summed E-state index contributed by atoms with van der Waals surface area (Å²) in [5.74, 6) is 0.657. The van der Waals surface area contributed by atoms with Crippen LogP contribution in [0.4, 0.5) is 0 Å². The number of carbonyl (C=O) groups excluding carboxylic acids is 1. The van der Waals surface area contributed by atoms with Crippen LogP contribution >= 0.6 is 0 Å². The maximum atomic E-state index is 12.0. The summed E-state index contributed by atoms with van der Waals surface area (Å²) in [6, 6.07) is 1.43. The standard InChI is InChI=1S/C16H31N3O/c1-11(2)18-16(15(17)20)7-5-14(10-16)19-8-6-12(3)9-13(19)4/h11-14,18H,5-10H2,1-4H3,(H2,17,20). The molecule has 4 nitrogen and oxygen atoms in total. The van der Waals surface area contributed by atoms with Crippen molar-refractivity contribution in [2.75, 3.05) is 6.54 Å². The van der Waals surface area contributed by atoms with E-state index < -0.39 is 5.54 Å². The second-order valence-electron chi connectivity index (χ2n) is 7.36. The molecule has 1 heterocycles. The molecule has 1 saturated carbocycles. The van der Waals surface area contributed by atoms with Crippen LogP contribution in [0.2, 0.25) is 0 Å². The van der Waals surface area contributed by atoms with E-state index in [-0.39, 0.29) is 5.91 Å². The fraction of sp³-hybridized carbons (Fsp3) is 0.938. The zero-order valence-electron chi connectivity index (χ0n) is 13.5. The van der Waals surface area contributed by atoms with Crippen molar-refractivity contribution in [3.05, 3.63) is 0 Å². The van der Waals surface area contributed by atoms with Gasteiger partial charge in [-0.15, -0.1) is 0 Å². The highest BCUT2D eigenvalue weighted by Gasteiger charge is 2.46. The predicted molar refractivity (Wildman–Crippen MR) is 82.4 cm³/mol. The molecule has 4 atom stereocenters. The summed E-state index contributed by atoms with van der Waals surface area (Å²) in [6.07, 6.45) is 5.39. The lowest BCUT2D eigenvalue weighted by Crippen LogP contribution is -2.57. The van der Waals surface area contributed by atoms with Crippen LogP contribution in [0, 0.1) is 5.92 Å². The van der Waals surface area contributed by atoms with Crippen LogP contribution in [0.15, 0.2) is 0 Å². The highest BCUT2D eigenvalue weighted by Crippen LogP contribution is 2.37. The van der Waals surface area contributed by atoms with Gasteiger partial charge in [-0.2, -0.15) is 0 Å². The van der Waals surface area contributed by atoms with Gasteiger partial charge in [0.05, 0.1) is 5.54 Å². The molecule has 4 unspecified atom stereocenters. The highest BCUT2D eigenvalue weighted by atomic mass is 16.1. The van der Waals surface area contributed by atoms with Gasteiger partial charge in [-0.05, 0) is 65.3 Å². The van der Waals surface area contributed by atoms with Crippen molar-refractivity contribution in [2.24, 2.45) is 11.7 Å². The number of nitrogens with two attached hydrogens (primary N) is 1. The molecule has 0 aromatic heterocycles. The van der Waals surface area contributed by atoms with Crippen molar-refractivity contribution in [2.45, 2.75) is 83.5 Å². The van der Waals surface area contributed by atoms with Crippen LogP contribution in [-0.2, 0) is 4.79 Å². The van der Waals surface area contributed by atoms with E-state index in [1.54, 1.807) is 0 Å². The highest BCUT2D eigenvalue weighted by molar-refractivity contribution is 5.85. The first-order valence-corrected chi connectivity index (χ1v) is 8.17. The summed E-state index contributed by atoms with van der Waals surface area (Å²) in [6.45, 7) is 10.0. The molecule has 2 aliphatic rings. The quantitative estimate of drug-likeness (QED) is 0.827. The number of rotatable bonds is 4. The van der Waals surface area contributed by atoms with Crippen LogP contribution in [-0.4, -0.2) is 41.0 Å². The average Bonchev–Trinajstić information content (AvgIpc) is 2.73. The molecule has 2 rings (SSSR count). The molecule has 20 heavy (non-hydrogen) atoms. The van der Waals surface area contributed by atoms with Crippen molar-refractivity contribution in [3.63, 3.8) is 0 Å². The maximum Gasteiger partial charge on any atom is 0.237 e. The van der Waals surface area contributed by atoms with E-state index in [0.717, 1.165) is 25.2 Å². The molecule has 4 heteroatoms. The topological polar surface area (TPSA) is 58.4 Å². The Morgan fingerprint density at radius 1 is 1.35 bits per heavy atom. The molecule has 0 spiro atoms. The molecule has 116 valence electrons. The minimum absolute atomic E-state index is 0.174. The third-order valence-corrected chi connectivity index (χ3v) is 5.18. The van der Waals surface area contributed by atoms with Gasteiger partial charge in [-0.3, -0.25) is 9.69 Å². The van der Waals surface area contributed by atoms with Crippen molar-refractivity contribution in [3.8, 4) is 0 Å². The van der Waals surface area contributed by atoms with E-state index in [1.807, 2.05) is 0 Å². The Balaban J connectivity index is 2.04. The van der Waals surface area contributed by atoms with Gasteiger partial charge in [0.1, 0.15) is 0 Å². The lowest BCUT2D eigenvalue weighted by Gasteiger charge is -2.41. The second-order valence-corrected chi connectivity index (χ2v) is 7.36.